The minimum atomic E-state index is 0.127. The summed E-state index contributed by atoms with van der Waals surface area (Å²) in [7, 11) is 0. The van der Waals surface area contributed by atoms with Gasteiger partial charge >= 0.3 is 0 Å². The lowest BCUT2D eigenvalue weighted by molar-refractivity contribution is 0.0960. The molecule has 2 aliphatic rings. The molecule has 2 rings (SSSR count). The number of hydrogen-bond donors (Lipinski definition) is 0. The van der Waals surface area contributed by atoms with Gasteiger partial charge in [-0.05, 0) is 31.1 Å². The van der Waals surface area contributed by atoms with Gasteiger partial charge in [-0.3, -0.25) is 0 Å². The quantitative estimate of drug-likeness (QED) is 0.627. The zero-order chi connectivity index (χ0) is 8.60. The van der Waals surface area contributed by atoms with Crippen molar-refractivity contribution in [2.75, 3.05) is 0 Å². The van der Waals surface area contributed by atoms with Gasteiger partial charge in [0.1, 0.15) is 0 Å². The smallest absolute Gasteiger partial charge is 0.0690 e. The molecule has 2 fully saturated rings. The Morgan fingerprint density at radius 1 is 1.33 bits per heavy atom. The first-order valence-electron chi connectivity index (χ1n) is 5.19. The van der Waals surface area contributed by atoms with Crippen LogP contribution in [0.25, 0.3) is 0 Å². The van der Waals surface area contributed by atoms with Gasteiger partial charge in [-0.15, -0.1) is 0 Å². The Labute approximate surface area is 74.8 Å². The maximum atomic E-state index is 9.08. The van der Waals surface area contributed by atoms with Crippen molar-refractivity contribution in [3.8, 4) is 6.07 Å². The fourth-order valence-corrected chi connectivity index (χ4v) is 2.51. The van der Waals surface area contributed by atoms with Crippen LogP contribution in [0.15, 0.2) is 0 Å². The Hall–Kier alpha value is -0.510. The second-order valence-corrected chi connectivity index (χ2v) is 4.72. The average Bonchev–Trinajstić information content (AvgIpc) is 2.79. The molecule has 0 amide bonds. The third-order valence-electron chi connectivity index (χ3n) is 3.55. The Morgan fingerprint density at radius 2 is 2.00 bits per heavy atom. The van der Waals surface area contributed by atoms with E-state index in [1.54, 1.807) is 0 Å². The lowest BCUT2D eigenvalue weighted by Crippen LogP contribution is -2.36. The van der Waals surface area contributed by atoms with E-state index in [0.29, 0.717) is 0 Å². The van der Waals surface area contributed by atoms with Crippen LogP contribution >= 0.6 is 0 Å². The Balaban J connectivity index is 1.86. The van der Waals surface area contributed by atoms with Gasteiger partial charge in [0.05, 0.1) is 11.5 Å². The molecular formula is C11H17N. The standard InChI is InChI=1S/C11H17N/c1-2-9-5-11(6-9,8-12)7-10-3-4-10/h9-10H,2-7H2,1H3. The average molecular weight is 163 g/mol. The molecule has 0 aliphatic heterocycles. The van der Waals surface area contributed by atoms with Crippen molar-refractivity contribution in [2.24, 2.45) is 17.3 Å². The van der Waals surface area contributed by atoms with Gasteiger partial charge in [0.25, 0.3) is 0 Å². The minimum absolute atomic E-state index is 0.127. The van der Waals surface area contributed by atoms with Crippen LogP contribution < -0.4 is 0 Å². The second kappa shape index (κ2) is 2.76. The topological polar surface area (TPSA) is 23.8 Å². The van der Waals surface area contributed by atoms with Gasteiger partial charge < -0.3 is 0 Å². The van der Waals surface area contributed by atoms with Crippen LogP contribution in [0.3, 0.4) is 0 Å². The van der Waals surface area contributed by atoms with Crippen molar-refractivity contribution in [1.29, 1.82) is 5.26 Å². The van der Waals surface area contributed by atoms with Crippen molar-refractivity contribution in [3.05, 3.63) is 0 Å². The van der Waals surface area contributed by atoms with E-state index in [0.717, 1.165) is 11.8 Å². The van der Waals surface area contributed by atoms with Crippen molar-refractivity contribution in [3.63, 3.8) is 0 Å². The van der Waals surface area contributed by atoms with E-state index in [1.807, 2.05) is 0 Å². The third-order valence-corrected chi connectivity index (χ3v) is 3.55. The summed E-state index contributed by atoms with van der Waals surface area (Å²) in [5.41, 5.74) is 0.127. The molecule has 1 nitrogen and oxygen atoms in total. The number of rotatable bonds is 3. The Morgan fingerprint density at radius 3 is 2.42 bits per heavy atom. The van der Waals surface area contributed by atoms with Crippen LogP contribution in [0.5, 0.6) is 0 Å². The molecule has 0 heterocycles. The second-order valence-electron chi connectivity index (χ2n) is 4.72. The molecule has 2 aliphatic carbocycles. The van der Waals surface area contributed by atoms with E-state index in [9.17, 15) is 0 Å². The Kier molecular flexibility index (Phi) is 1.87. The molecule has 0 radical (unpaired) electrons. The van der Waals surface area contributed by atoms with Crippen molar-refractivity contribution < 1.29 is 0 Å². The molecule has 0 aromatic rings. The first kappa shape index (κ1) is 8.10. The van der Waals surface area contributed by atoms with E-state index in [4.69, 9.17) is 5.26 Å². The fraction of sp³-hybridized carbons (Fsp3) is 0.909. The lowest BCUT2D eigenvalue weighted by atomic mass is 9.60. The van der Waals surface area contributed by atoms with Gasteiger partial charge in [0.2, 0.25) is 0 Å². The predicted octanol–water partition coefficient (Wildman–Crippen LogP) is 3.12. The third kappa shape index (κ3) is 1.35. The number of nitrogens with zero attached hydrogens (tertiary/aromatic N) is 1. The normalized spacial score (nSPS) is 40.2. The van der Waals surface area contributed by atoms with Crippen LogP contribution in [0.1, 0.15) is 45.4 Å². The number of nitriles is 1. The van der Waals surface area contributed by atoms with E-state index < -0.39 is 0 Å². The summed E-state index contributed by atoms with van der Waals surface area (Å²) in [6.45, 7) is 2.24. The highest BCUT2D eigenvalue weighted by Gasteiger charge is 2.46. The molecule has 1 heteroatoms. The first-order chi connectivity index (χ1) is 5.78. The zero-order valence-corrected chi connectivity index (χ0v) is 7.84. The molecule has 0 aromatic heterocycles. The van der Waals surface area contributed by atoms with E-state index in [2.05, 4.69) is 13.0 Å². The van der Waals surface area contributed by atoms with Crippen LogP contribution in [0.2, 0.25) is 0 Å². The van der Waals surface area contributed by atoms with Gasteiger partial charge in [-0.2, -0.15) is 5.26 Å². The maximum absolute atomic E-state index is 9.08. The molecule has 0 spiro atoms. The Bertz CT molecular complexity index is 204. The summed E-state index contributed by atoms with van der Waals surface area (Å²) < 4.78 is 0. The molecule has 0 aromatic carbocycles. The van der Waals surface area contributed by atoms with Crippen LogP contribution in [0.4, 0.5) is 0 Å². The molecular weight excluding hydrogens is 146 g/mol. The van der Waals surface area contributed by atoms with Crippen molar-refractivity contribution in [1.82, 2.24) is 0 Å². The van der Waals surface area contributed by atoms with Crippen molar-refractivity contribution in [2.45, 2.75) is 45.4 Å². The van der Waals surface area contributed by atoms with Gasteiger partial charge in [0, 0.05) is 0 Å². The zero-order valence-electron chi connectivity index (χ0n) is 7.84. The fourth-order valence-electron chi connectivity index (χ4n) is 2.51. The highest BCUT2D eigenvalue weighted by Crippen LogP contribution is 2.54. The molecule has 0 N–H and O–H groups in total. The highest BCUT2D eigenvalue weighted by molar-refractivity contribution is 5.09. The maximum Gasteiger partial charge on any atom is 0.0690 e. The SMILES string of the molecule is CCC1CC(C#N)(CC2CC2)C1. The summed E-state index contributed by atoms with van der Waals surface area (Å²) in [6.07, 6.45) is 7.64. The lowest BCUT2D eigenvalue weighted by Gasteiger charge is -2.42. The molecule has 66 valence electrons. The summed E-state index contributed by atoms with van der Waals surface area (Å²) in [6, 6.07) is 2.55. The summed E-state index contributed by atoms with van der Waals surface area (Å²) in [4.78, 5) is 0. The summed E-state index contributed by atoms with van der Waals surface area (Å²) in [5, 5.41) is 9.08. The minimum Gasteiger partial charge on any atom is -0.198 e. The van der Waals surface area contributed by atoms with Crippen molar-refractivity contribution >= 4 is 0 Å². The number of hydrogen-bond acceptors (Lipinski definition) is 1. The first-order valence-corrected chi connectivity index (χ1v) is 5.19. The summed E-state index contributed by atoms with van der Waals surface area (Å²) >= 11 is 0. The van der Waals surface area contributed by atoms with Gasteiger partial charge in [-0.1, -0.05) is 26.2 Å². The van der Waals surface area contributed by atoms with E-state index >= 15 is 0 Å². The van der Waals surface area contributed by atoms with Gasteiger partial charge in [0.15, 0.2) is 0 Å². The summed E-state index contributed by atoms with van der Waals surface area (Å²) in [5.74, 6) is 1.78. The van der Waals surface area contributed by atoms with Crippen LogP contribution in [0, 0.1) is 28.6 Å². The molecule has 0 saturated heterocycles. The molecule has 0 unspecified atom stereocenters. The van der Waals surface area contributed by atoms with Crippen LogP contribution in [-0.4, -0.2) is 0 Å². The van der Waals surface area contributed by atoms with E-state index in [-0.39, 0.29) is 5.41 Å². The monoisotopic (exact) mass is 163 g/mol. The largest absolute Gasteiger partial charge is 0.198 e. The molecule has 12 heavy (non-hydrogen) atoms. The molecule has 0 atom stereocenters. The highest BCUT2D eigenvalue weighted by atomic mass is 14.5. The molecule has 2 saturated carbocycles. The van der Waals surface area contributed by atoms with Crippen LogP contribution in [-0.2, 0) is 0 Å². The molecule has 0 bridgehead atoms. The van der Waals surface area contributed by atoms with Gasteiger partial charge in [-0.25, -0.2) is 0 Å². The van der Waals surface area contributed by atoms with E-state index in [1.165, 1.54) is 38.5 Å². The predicted molar refractivity (Wildman–Crippen MR) is 48.4 cm³/mol.